The van der Waals surface area contributed by atoms with Crippen LogP contribution in [0.5, 0.6) is 0 Å². The summed E-state index contributed by atoms with van der Waals surface area (Å²) in [6, 6.07) is 8.54. The molecule has 0 spiro atoms. The van der Waals surface area contributed by atoms with Gasteiger partial charge >= 0.3 is 0 Å². The number of fused-ring (bicyclic) bond motifs is 1. The number of hydrogen-bond acceptors (Lipinski definition) is 2. The maximum absolute atomic E-state index is 6.04. The minimum Gasteiger partial charge on any atom is -0.240 e. The van der Waals surface area contributed by atoms with Crippen LogP contribution in [0.2, 0.25) is 5.15 Å². The molecule has 1 aromatic heterocycles. The zero-order valence-electron chi connectivity index (χ0n) is 9.03. The second-order valence-corrected chi connectivity index (χ2v) is 5.76. The van der Waals surface area contributed by atoms with E-state index in [-0.39, 0.29) is 0 Å². The van der Waals surface area contributed by atoms with Gasteiger partial charge in [0.15, 0.2) is 0 Å². The van der Waals surface area contributed by atoms with Gasteiger partial charge in [-0.05, 0) is 46.6 Å². The molecular weight excluding hydrogens is 347 g/mol. The predicted molar refractivity (Wildman–Crippen MR) is 76.4 cm³/mol. The fourth-order valence-electron chi connectivity index (χ4n) is 2.30. The normalized spacial score (nSPS) is 14.9. The maximum atomic E-state index is 6.04. The molecule has 86 valence electrons. The lowest BCUT2D eigenvalue weighted by Gasteiger charge is -2.07. The summed E-state index contributed by atoms with van der Waals surface area (Å²) >= 11 is 8.19. The molecule has 2 aromatic rings. The summed E-state index contributed by atoms with van der Waals surface area (Å²) in [5, 5.41) is 0.562. The number of rotatable bonds is 1. The van der Waals surface area contributed by atoms with Crippen LogP contribution in [-0.2, 0) is 12.8 Å². The molecule has 17 heavy (non-hydrogen) atoms. The quantitative estimate of drug-likeness (QED) is 0.576. The lowest BCUT2D eigenvalue weighted by Crippen LogP contribution is -2.05. The molecule has 1 aliphatic carbocycles. The van der Waals surface area contributed by atoms with Crippen LogP contribution >= 0.6 is 34.2 Å². The summed E-state index contributed by atoms with van der Waals surface area (Å²) in [4.78, 5) is 8.79. The fourth-order valence-corrected chi connectivity index (χ4v) is 2.69. The van der Waals surface area contributed by atoms with Gasteiger partial charge in [-0.2, -0.15) is 0 Å². The van der Waals surface area contributed by atoms with E-state index in [1.165, 1.54) is 11.1 Å². The van der Waals surface area contributed by atoms with Crippen LogP contribution in [0.25, 0.3) is 0 Å². The third kappa shape index (κ3) is 2.18. The van der Waals surface area contributed by atoms with Gasteiger partial charge in [0, 0.05) is 12.1 Å². The first-order chi connectivity index (χ1) is 8.24. The van der Waals surface area contributed by atoms with Gasteiger partial charge in [0.1, 0.15) is 11.0 Å². The molecule has 1 aliphatic rings. The smallest absolute Gasteiger partial charge is 0.146 e. The van der Waals surface area contributed by atoms with Crippen molar-refractivity contribution in [2.45, 2.75) is 18.8 Å². The molecule has 3 rings (SSSR count). The lowest BCUT2D eigenvalue weighted by atomic mass is 10.1. The van der Waals surface area contributed by atoms with Crippen molar-refractivity contribution in [2.24, 2.45) is 0 Å². The average Bonchev–Trinajstić information content (AvgIpc) is 2.76. The second-order valence-electron chi connectivity index (χ2n) is 4.24. The van der Waals surface area contributed by atoms with E-state index >= 15 is 0 Å². The third-order valence-corrected chi connectivity index (χ3v) is 4.53. The zero-order chi connectivity index (χ0) is 11.8. The van der Waals surface area contributed by atoms with Crippen molar-refractivity contribution in [1.29, 1.82) is 0 Å². The molecule has 0 saturated carbocycles. The van der Waals surface area contributed by atoms with Gasteiger partial charge in [0.25, 0.3) is 0 Å². The maximum Gasteiger partial charge on any atom is 0.146 e. The highest BCUT2D eigenvalue weighted by Crippen LogP contribution is 2.32. The Bertz CT molecular complexity index is 546. The standard InChI is InChI=1S/C13H10ClIN2/c14-12-11(15)7-16-13(17-12)10-5-8-3-1-2-4-9(8)6-10/h1-4,7,10H,5-6H2. The Morgan fingerprint density at radius 1 is 1.18 bits per heavy atom. The zero-order valence-corrected chi connectivity index (χ0v) is 11.9. The molecule has 0 bridgehead atoms. The molecule has 0 radical (unpaired) electrons. The molecule has 1 heterocycles. The van der Waals surface area contributed by atoms with Gasteiger partial charge in [-0.1, -0.05) is 35.9 Å². The monoisotopic (exact) mass is 356 g/mol. The van der Waals surface area contributed by atoms with Crippen LogP contribution in [0.1, 0.15) is 22.9 Å². The van der Waals surface area contributed by atoms with Crippen LogP contribution in [0.3, 0.4) is 0 Å². The number of nitrogens with zero attached hydrogens (tertiary/aromatic N) is 2. The van der Waals surface area contributed by atoms with E-state index in [9.17, 15) is 0 Å². The van der Waals surface area contributed by atoms with E-state index in [1.54, 1.807) is 6.20 Å². The van der Waals surface area contributed by atoms with E-state index in [0.29, 0.717) is 11.1 Å². The van der Waals surface area contributed by atoms with Crippen molar-refractivity contribution in [3.8, 4) is 0 Å². The van der Waals surface area contributed by atoms with E-state index in [4.69, 9.17) is 11.6 Å². The highest BCUT2D eigenvalue weighted by atomic mass is 127. The molecule has 4 heteroatoms. The van der Waals surface area contributed by atoms with Crippen molar-refractivity contribution in [2.75, 3.05) is 0 Å². The Balaban J connectivity index is 1.91. The van der Waals surface area contributed by atoms with E-state index in [0.717, 1.165) is 22.2 Å². The molecule has 0 unspecified atom stereocenters. The minimum absolute atomic E-state index is 0.377. The third-order valence-electron chi connectivity index (χ3n) is 3.14. The molecule has 0 atom stereocenters. The molecular formula is C13H10ClIN2. The van der Waals surface area contributed by atoms with E-state index in [1.807, 2.05) is 0 Å². The van der Waals surface area contributed by atoms with E-state index < -0.39 is 0 Å². The van der Waals surface area contributed by atoms with Gasteiger partial charge in [0.2, 0.25) is 0 Å². The summed E-state index contributed by atoms with van der Waals surface area (Å²) in [6.07, 6.45) is 3.84. The van der Waals surface area contributed by atoms with E-state index in [2.05, 4.69) is 56.8 Å². The van der Waals surface area contributed by atoms with Gasteiger partial charge in [-0.15, -0.1) is 0 Å². The first kappa shape index (κ1) is 11.4. The van der Waals surface area contributed by atoms with Gasteiger partial charge in [0.05, 0.1) is 3.57 Å². The summed E-state index contributed by atoms with van der Waals surface area (Å²) in [7, 11) is 0. The van der Waals surface area contributed by atoms with Crippen molar-refractivity contribution in [3.05, 3.63) is 56.1 Å². The Morgan fingerprint density at radius 3 is 2.41 bits per heavy atom. The SMILES string of the molecule is Clc1nc(C2Cc3ccccc3C2)ncc1I. The van der Waals surface area contributed by atoms with Crippen LogP contribution < -0.4 is 0 Å². The first-order valence-corrected chi connectivity index (χ1v) is 6.94. The highest BCUT2D eigenvalue weighted by Gasteiger charge is 2.24. The molecule has 0 amide bonds. The Hall–Kier alpha value is -0.680. The molecule has 2 nitrogen and oxygen atoms in total. The number of benzene rings is 1. The molecule has 1 aromatic carbocycles. The minimum atomic E-state index is 0.377. The fraction of sp³-hybridized carbons (Fsp3) is 0.231. The summed E-state index contributed by atoms with van der Waals surface area (Å²) in [5.74, 6) is 1.24. The number of hydrogen-bond donors (Lipinski definition) is 0. The number of aromatic nitrogens is 2. The van der Waals surface area contributed by atoms with Gasteiger partial charge < -0.3 is 0 Å². The molecule has 0 saturated heterocycles. The molecule has 0 N–H and O–H groups in total. The Kier molecular flexibility index (Phi) is 3.04. The Morgan fingerprint density at radius 2 is 1.82 bits per heavy atom. The topological polar surface area (TPSA) is 25.8 Å². The van der Waals surface area contributed by atoms with Crippen LogP contribution in [-0.4, -0.2) is 9.97 Å². The Labute approximate surface area is 119 Å². The predicted octanol–water partition coefficient (Wildman–Crippen LogP) is 3.62. The number of halogens is 2. The summed E-state index contributed by atoms with van der Waals surface area (Å²) in [6.45, 7) is 0. The van der Waals surface area contributed by atoms with Crippen LogP contribution in [0.15, 0.2) is 30.5 Å². The van der Waals surface area contributed by atoms with Crippen LogP contribution in [0.4, 0.5) is 0 Å². The van der Waals surface area contributed by atoms with Gasteiger partial charge in [-0.3, -0.25) is 0 Å². The van der Waals surface area contributed by atoms with Crippen molar-refractivity contribution in [1.82, 2.24) is 9.97 Å². The second kappa shape index (κ2) is 4.53. The van der Waals surface area contributed by atoms with Gasteiger partial charge in [-0.25, -0.2) is 9.97 Å². The lowest BCUT2D eigenvalue weighted by molar-refractivity contribution is 0.681. The molecule has 0 fully saturated rings. The average molecular weight is 357 g/mol. The van der Waals surface area contributed by atoms with Crippen molar-refractivity contribution in [3.63, 3.8) is 0 Å². The van der Waals surface area contributed by atoms with Crippen molar-refractivity contribution < 1.29 is 0 Å². The molecule has 0 aliphatic heterocycles. The largest absolute Gasteiger partial charge is 0.240 e. The van der Waals surface area contributed by atoms with Crippen LogP contribution in [0, 0.1) is 3.57 Å². The summed E-state index contributed by atoms with van der Waals surface area (Å²) < 4.78 is 0.906. The first-order valence-electron chi connectivity index (χ1n) is 5.49. The van der Waals surface area contributed by atoms with Crippen molar-refractivity contribution >= 4 is 34.2 Å². The summed E-state index contributed by atoms with van der Waals surface area (Å²) in [5.41, 5.74) is 2.83. The highest BCUT2D eigenvalue weighted by molar-refractivity contribution is 14.1.